The Labute approximate surface area is 181 Å². The van der Waals surface area contributed by atoms with Gasteiger partial charge in [0, 0.05) is 18.9 Å². The van der Waals surface area contributed by atoms with Gasteiger partial charge in [-0.3, -0.25) is 4.79 Å². The number of rotatable bonds is 9. The van der Waals surface area contributed by atoms with E-state index in [9.17, 15) is 14.4 Å². The zero-order chi connectivity index (χ0) is 22.4. The van der Waals surface area contributed by atoms with Gasteiger partial charge in [-0.2, -0.15) is 0 Å². The number of nitrogens with one attached hydrogen (secondary N) is 2. The number of ether oxygens (including phenoxy) is 1. The molecule has 1 aliphatic rings. The minimum absolute atomic E-state index is 0.0134. The molecule has 0 fully saturated rings. The maximum absolute atomic E-state index is 12.1. The van der Waals surface area contributed by atoms with Crippen molar-refractivity contribution < 1.29 is 24.2 Å². The van der Waals surface area contributed by atoms with Crippen LogP contribution in [0.5, 0.6) is 0 Å². The highest BCUT2D eigenvalue weighted by Crippen LogP contribution is 2.44. The highest BCUT2D eigenvalue weighted by Gasteiger charge is 2.29. The smallest absolute Gasteiger partial charge is 0.407 e. The van der Waals surface area contributed by atoms with Crippen molar-refractivity contribution in [1.82, 2.24) is 10.6 Å². The summed E-state index contributed by atoms with van der Waals surface area (Å²) in [6, 6.07) is 16.3. The molecule has 0 aliphatic heterocycles. The van der Waals surface area contributed by atoms with Gasteiger partial charge in [0.25, 0.3) is 0 Å². The van der Waals surface area contributed by atoms with E-state index in [1.54, 1.807) is 0 Å². The number of unbranched alkanes of at least 4 members (excludes halogenated alkanes) is 1. The number of hydrogen-bond acceptors (Lipinski definition) is 4. The molecule has 2 amide bonds. The molecule has 3 rings (SSSR count). The number of aliphatic carboxylic acids is 1. The summed E-state index contributed by atoms with van der Waals surface area (Å²) in [5, 5.41) is 14.2. The summed E-state index contributed by atoms with van der Waals surface area (Å²) in [6.45, 7) is 3.51. The van der Waals surface area contributed by atoms with Gasteiger partial charge in [0.2, 0.25) is 5.91 Å². The lowest BCUT2D eigenvalue weighted by Gasteiger charge is -2.20. The van der Waals surface area contributed by atoms with Crippen LogP contribution < -0.4 is 10.6 Å². The lowest BCUT2D eigenvalue weighted by Crippen LogP contribution is -2.49. The quantitative estimate of drug-likeness (QED) is 0.533. The molecule has 0 radical (unpaired) electrons. The van der Waals surface area contributed by atoms with Crippen LogP contribution in [0.1, 0.15) is 50.2 Å². The maximum atomic E-state index is 12.1. The number of carboxylic acids is 1. The molecule has 2 aromatic rings. The summed E-state index contributed by atoms with van der Waals surface area (Å²) in [6.07, 6.45) is 0.831. The van der Waals surface area contributed by atoms with E-state index in [2.05, 4.69) is 34.9 Å². The zero-order valence-electron chi connectivity index (χ0n) is 17.8. The van der Waals surface area contributed by atoms with Crippen molar-refractivity contribution in [2.24, 2.45) is 0 Å². The highest BCUT2D eigenvalue weighted by atomic mass is 16.5. The lowest BCUT2D eigenvalue weighted by atomic mass is 9.98. The first-order valence-electron chi connectivity index (χ1n) is 10.4. The average molecular weight is 424 g/mol. The molecule has 0 aromatic heterocycles. The second-order valence-electron chi connectivity index (χ2n) is 8.19. The van der Waals surface area contributed by atoms with E-state index in [1.165, 1.54) is 25.0 Å². The summed E-state index contributed by atoms with van der Waals surface area (Å²) in [5.74, 6) is -1.40. The van der Waals surface area contributed by atoms with Crippen LogP contribution in [0.15, 0.2) is 48.5 Å². The Hall–Kier alpha value is -3.35. The van der Waals surface area contributed by atoms with Crippen LogP contribution >= 0.6 is 0 Å². The fraction of sp³-hybridized carbons (Fsp3) is 0.375. The Morgan fingerprint density at radius 1 is 0.968 bits per heavy atom. The first kappa shape index (κ1) is 22.3. The molecule has 31 heavy (non-hydrogen) atoms. The van der Waals surface area contributed by atoms with Gasteiger partial charge < -0.3 is 20.5 Å². The van der Waals surface area contributed by atoms with E-state index < -0.39 is 17.6 Å². The molecule has 0 unspecified atom stereocenters. The number of carbonyl (C=O) groups is 3. The second-order valence-corrected chi connectivity index (χ2v) is 8.19. The second kappa shape index (κ2) is 9.64. The molecule has 0 atom stereocenters. The van der Waals surface area contributed by atoms with Gasteiger partial charge >= 0.3 is 12.1 Å². The Balaban J connectivity index is 1.40. The normalized spacial score (nSPS) is 12.6. The zero-order valence-corrected chi connectivity index (χ0v) is 17.8. The summed E-state index contributed by atoms with van der Waals surface area (Å²) >= 11 is 0. The summed E-state index contributed by atoms with van der Waals surface area (Å²) < 4.78 is 5.46. The van der Waals surface area contributed by atoms with Gasteiger partial charge in [0.1, 0.15) is 12.1 Å². The lowest BCUT2D eigenvalue weighted by molar-refractivity contribution is -0.146. The van der Waals surface area contributed by atoms with E-state index >= 15 is 0 Å². The molecule has 0 saturated carbocycles. The highest BCUT2D eigenvalue weighted by molar-refractivity contribution is 5.86. The number of carboxylic acid groups (broad SMARTS) is 1. The van der Waals surface area contributed by atoms with E-state index in [0.29, 0.717) is 19.4 Å². The van der Waals surface area contributed by atoms with Crippen molar-refractivity contribution in [3.05, 3.63) is 59.7 Å². The van der Waals surface area contributed by atoms with Crippen LogP contribution in [0.3, 0.4) is 0 Å². The van der Waals surface area contributed by atoms with Crippen LogP contribution in [-0.2, 0) is 14.3 Å². The first-order chi connectivity index (χ1) is 14.8. The average Bonchev–Trinajstić information content (AvgIpc) is 3.05. The number of alkyl carbamates (subject to hydrolysis) is 1. The molecule has 7 heteroatoms. The Morgan fingerprint density at radius 2 is 1.55 bits per heavy atom. The van der Waals surface area contributed by atoms with Crippen LogP contribution in [0.4, 0.5) is 4.79 Å². The fourth-order valence-corrected chi connectivity index (χ4v) is 3.71. The third-order valence-electron chi connectivity index (χ3n) is 5.43. The molecular formula is C24H28N2O5. The van der Waals surface area contributed by atoms with E-state index in [1.807, 2.05) is 24.3 Å². The van der Waals surface area contributed by atoms with Gasteiger partial charge in [0.15, 0.2) is 0 Å². The molecule has 3 N–H and O–H groups in total. The van der Waals surface area contributed by atoms with Gasteiger partial charge in [-0.25, -0.2) is 9.59 Å². The van der Waals surface area contributed by atoms with Crippen LogP contribution in [0, 0.1) is 0 Å². The van der Waals surface area contributed by atoms with Crippen LogP contribution in [-0.4, -0.2) is 41.8 Å². The molecule has 0 bridgehead atoms. The number of benzene rings is 2. The number of hydrogen-bond donors (Lipinski definition) is 3. The topological polar surface area (TPSA) is 105 Å². The number of amides is 2. The summed E-state index contributed by atoms with van der Waals surface area (Å²) in [4.78, 5) is 35.0. The van der Waals surface area contributed by atoms with Crippen LogP contribution in [0.2, 0.25) is 0 Å². The number of carbonyl (C=O) groups excluding carboxylic acids is 2. The predicted octanol–water partition coefficient (Wildman–Crippen LogP) is 3.67. The van der Waals surface area contributed by atoms with Crippen molar-refractivity contribution in [3.63, 3.8) is 0 Å². The van der Waals surface area contributed by atoms with E-state index in [0.717, 1.165) is 11.1 Å². The summed E-state index contributed by atoms with van der Waals surface area (Å²) in [5.41, 5.74) is 3.38. The third kappa shape index (κ3) is 5.42. The molecule has 164 valence electrons. The first-order valence-corrected chi connectivity index (χ1v) is 10.4. The maximum Gasteiger partial charge on any atom is 0.407 e. The molecular weight excluding hydrogens is 396 g/mol. The summed E-state index contributed by atoms with van der Waals surface area (Å²) in [7, 11) is 0. The molecule has 0 spiro atoms. The Kier molecular flexibility index (Phi) is 6.95. The van der Waals surface area contributed by atoms with Crippen LogP contribution in [0.25, 0.3) is 11.1 Å². The van der Waals surface area contributed by atoms with Gasteiger partial charge in [-0.1, -0.05) is 48.5 Å². The molecule has 2 aromatic carbocycles. The molecule has 1 aliphatic carbocycles. The van der Waals surface area contributed by atoms with Crippen molar-refractivity contribution in [2.45, 2.75) is 44.6 Å². The molecule has 0 heterocycles. The standard InChI is InChI=1S/C24H28N2O5/c1-24(2,22(28)29)26-21(27)13-7-8-14-25-23(30)31-15-20-18-11-5-3-9-16(18)17-10-4-6-12-19(17)20/h3-6,9-12,20H,7-8,13-15H2,1-2H3,(H,25,30)(H,26,27)(H,28,29). The predicted molar refractivity (Wildman–Crippen MR) is 117 cm³/mol. The van der Waals surface area contributed by atoms with Crippen molar-refractivity contribution >= 4 is 18.0 Å². The third-order valence-corrected chi connectivity index (χ3v) is 5.43. The van der Waals surface area contributed by atoms with E-state index in [-0.39, 0.29) is 24.9 Å². The van der Waals surface area contributed by atoms with Crippen molar-refractivity contribution in [3.8, 4) is 11.1 Å². The Bertz CT molecular complexity index is 924. The molecule has 7 nitrogen and oxygen atoms in total. The van der Waals surface area contributed by atoms with Gasteiger partial charge in [-0.05, 0) is 48.9 Å². The van der Waals surface area contributed by atoms with Gasteiger partial charge in [0.05, 0.1) is 0 Å². The van der Waals surface area contributed by atoms with Gasteiger partial charge in [-0.15, -0.1) is 0 Å². The minimum atomic E-state index is -1.30. The fourth-order valence-electron chi connectivity index (χ4n) is 3.71. The van der Waals surface area contributed by atoms with Crippen molar-refractivity contribution in [2.75, 3.05) is 13.2 Å². The minimum Gasteiger partial charge on any atom is -0.480 e. The Morgan fingerprint density at radius 3 is 2.13 bits per heavy atom. The van der Waals surface area contributed by atoms with E-state index in [4.69, 9.17) is 9.84 Å². The largest absolute Gasteiger partial charge is 0.480 e. The van der Waals surface area contributed by atoms with Crippen molar-refractivity contribution in [1.29, 1.82) is 0 Å². The molecule has 0 saturated heterocycles. The SMILES string of the molecule is CC(C)(NC(=O)CCCCNC(=O)OCC1c2ccccc2-c2ccccc21)C(=O)O. The number of fused-ring (bicyclic) bond motifs is 3. The monoisotopic (exact) mass is 424 g/mol.